The number of imidazole rings is 1. The molecule has 1 saturated carbocycles. The molecule has 3 N–H and O–H groups in total. The van der Waals surface area contributed by atoms with E-state index in [-0.39, 0.29) is 48.9 Å². The number of halogens is 1. The van der Waals surface area contributed by atoms with E-state index in [2.05, 4.69) is 82.0 Å². The second kappa shape index (κ2) is 20.0. The fourth-order valence-electron chi connectivity index (χ4n) is 10.2. The SMILES string of the molecule is C=C(N[C@@H](C)c1ccc(-n2ccnc2C)cc1)[C@@H]1C[C@@H](O)CN1C(=O)[C@H](C(C)C)n1cc(-c2cccc(O[C@H]3C[C@@H](NC(=O)C[C@@H]4N=C(c5ccc(Cl)cc5)c5c(sc(C)c5C)-n5c(C)nnc54)C3)c2)cn1. The number of nitrogens with zero attached hydrogens (tertiary/aromatic N) is 9. The molecule has 0 unspecified atom stereocenters. The van der Waals surface area contributed by atoms with Crippen LogP contribution < -0.4 is 15.4 Å². The number of hydrogen-bond acceptors (Lipinski definition) is 11. The van der Waals surface area contributed by atoms with Crippen LogP contribution in [0.15, 0.2) is 115 Å². The molecule has 1 aliphatic carbocycles. The van der Waals surface area contributed by atoms with E-state index in [4.69, 9.17) is 26.4 Å². The summed E-state index contributed by atoms with van der Waals surface area (Å²) in [5, 5.41) is 33.0. The summed E-state index contributed by atoms with van der Waals surface area (Å²) >= 11 is 7.97. The van der Waals surface area contributed by atoms with Crippen molar-refractivity contribution >= 4 is 40.5 Å². The second-order valence-corrected chi connectivity index (χ2v) is 21.4. The summed E-state index contributed by atoms with van der Waals surface area (Å²) in [6.07, 6.45) is 8.47. The molecule has 0 radical (unpaired) electrons. The van der Waals surface area contributed by atoms with Crippen molar-refractivity contribution in [2.45, 2.75) is 117 Å². The highest BCUT2D eigenvalue weighted by atomic mass is 35.5. The Balaban J connectivity index is 0.762. The lowest BCUT2D eigenvalue weighted by Gasteiger charge is -2.36. The second-order valence-electron chi connectivity index (χ2n) is 19.7. The Morgan fingerprint density at radius 2 is 1.71 bits per heavy atom. The maximum atomic E-state index is 14.5. The number of carbonyl (C=O) groups is 2. The van der Waals surface area contributed by atoms with E-state index in [1.807, 2.05) is 93.2 Å². The summed E-state index contributed by atoms with van der Waals surface area (Å²) < 4.78 is 12.3. The maximum Gasteiger partial charge on any atom is 0.248 e. The van der Waals surface area contributed by atoms with Crippen LogP contribution in [-0.4, -0.2) is 92.5 Å². The van der Waals surface area contributed by atoms with Gasteiger partial charge in [0, 0.05) is 94.5 Å². The quantitative estimate of drug-likeness (QED) is 0.0907. The lowest BCUT2D eigenvalue weighted by molar-refractivity contribution is -0.137. The van der Waals surface area contributed by atoms with Gasteiger partial charge in [-0.2, -0.15) is 5.10 Å². The topological polar surface area (TPSA) is 170 Å². The zero-order valence-electron chi connectivity index (χ0n) is 41.6. The Morgan fingerprint density at radius 3 is 2.43 bits per heavy atom. The fraction of sp³-hybridized carbons (Fsp3) is 0.364. The number of fused-ring (bicyclic) bond motifs is 3. The largest absolute Gasteiger partial charge is 0.490 e. The lowest BCUT2D eigenvalue weighted by atomic mass is 9.89. The Labute approximate surface area is 428 Å². The number of aliphatic hydroxyl groups excluding tert-OH is 1. The molecule has 2 fully saturated rings. The first-order chi connectivity index (χ1) is 34.6. The van der Waals surface area contributed by atoms with Gasteiger partial charge in [-0.25, -0.2) is 4.98 Å². The van der Waals surface area contributed by atoms with Crippen molar-refractivity contribution in [3.63, 3.8) is 0 Å². The maximum absolute atomic E-state index is 14.5. The number of thiophene rings is 1. The number of amides is 2. The first kappa shape index (κ1) is 48.7. The van der Waals surface area contributed by atoms with Crippen LogP contribution in [0.3, 0.4) is 0 Å². The van der Waals surface area contributed by atoms with Gasteiger partial charge in [0.2, 0.25) is 11.8 Å². The van der Waals surface area contributed by atoms with Gasteiger partial charge in [0.25, 0.3) is 0 Å². The van der Waals surface area contributed by atoms with E-state index >= 15 is 0 Å². The predicted molar refractivity (Wildman–Crippen MR) is 280 cm³/mol. The van der Waals surface area contributed by atoms with E-state index in [9.17, 15) is 14.7 Å². The summed E-state index contributed by atoms with van der Waals surface area (Å²) in [6, 6.07) is 22.1. The minimum absolute atomic E-state index is 0.0470. The summed E-state index contributed by atoms with van der Waals surface area (Å²) in [6.45, 7) is 18.8. The third kappa shape index (κ3) is 9.62. The van der Waals surface area contributed by atoms with Gasteiger partial charge >= 0.3 is 0 Å². The molecule has 5 atom stereocenters. The van der Waals surface area contributed by atoms with Crippen molar-refractivity contribution < 1.29 is 19.4 Å². The summed E-state index contributed by atoms with van der Waals surface area (Å²) in [4.78, 5) is 40.9. The van der Waals surface area contributed by atoms with Gasteiger partial charge in [-0.3, -0.25) is 23.8 Å². The molecule has 372 valence electrons. The van der Waals surface area contributed by atoms with Crippen molar-refractivity contribution in [1.29, 1.82) is 0 Å². The smallest absolute Gasteiger partial charge is 0.248 e. The number of hydrogen-bond donors (Lipinski definition) is 3. The highest BCUT2D eigenvalue weighted by Crippen LogP contribution is 2.40. The Kier molecular flexibility index (Phi) is 13.5. The molecule has 4 aromatic heterocycles. The fourth-order valence-corrected chi connectivity index (χ4v) is 11.6. The van der Waals surface area contributed by atoms with Crippen LogP contribution in [0.1, 0.15) is 109 Å². The predicted octanol–water partition coefficient (Wildman–Crippen LogP) is 9.30. The van der Waals surface area contributed by atoms with Crippen molar-refractivity contribution in [3.8, 4) is 27.6 Å². The Bertz CT molecular complexity index is 3180. The van der Waals surface area contributed by atoms with Crippen LogP contribution in [-0.2, 0) is 9.59 Å². The molecular weight excluding hydrogens is 946 g/mol. The number of nitrogens with one attached hydrogen (secondary N) is 2. The number of rotatable bonds is 15. The number of carbonyl (C=O) groups excluding carboxylic acids is 2. The van der Waals surface area contributed by atoms with Gasteiger partial charge in [-0.05, 0) is 93.6 Å². The molecule has 0 bridgehead atoms. The average Bonchev–Trinajstić information content (AvgIpc) is 4.19. The van der Waals surface area contributed by atoms with Crippen LogP contribution in [0.5, 0.6) is 5.75 Å². The highest BCUT2D eigenvalue weighted by molar-refractivity contribution is 7.15. The van der Waals surface area contributed by atoms with Crippen LogP contribution in [0.4, 0.5) is 0 Å². The number of ether oxygens (including phenoxy) is 1. The van der Waals surface area contributed by atoms with Crippen molar-refractivity contribution in [2.75, 3.05) is 6.54 Å². The Hall–Kier alpha value is -6.88. The minimum atomic E-state index is -0.676. The molecule has 6 heterocycles. The molecule has 2 aliphatic heterocycles. The molecule has 3 aliphatic rings. The van der Waals surface area contributed by atoms with Gasteiger partial charge in [0.15, 0.2) is 5.82 Å². The molecule has 17 heteroatoms. The van der Waals surface area contributed by atoms with Crippen molar-refractivity contribution in [2.24, 2.45) is 10.9 Å². The monoisotopic (exact) mass is 1010 g/mol. The summed E-state index contributed by atoms with van der Waals surface area (Å²) in [7, 11) is 0. The molecule has 10 rings (SSSR count). The third-order valence-corrected chi connectivity index (χ3v) is 15.7. The van der Waals surface area contributed by atoms with E-state index < -0.39 is 24.2 Å². The van der Waals surface area contributed by atoms with Crippen LogP contribution >= 0.6 is 22.9 Å². The number of aliphatic imine (C=N–C) groups is 1. The molecular formula is C55H60ClN11O4S. The molecule has 7 aromatic rings. The van der Waals surface area contributed by atoms with Crippen LogP contribution in [0.25, 0.3) is 21.8 Å². The lowest BCUT2D eigenvalue weighted by Crippen LogP contribution is -2.49. The molecule has 1 saturated heterocycles. The normalized spacial score (nSPS) is 20.2. The third-order valence-electron chi connectivity index (χ3n) is 14.3. The van der Waals surface area contributed by atoms with Gasteiger partial charge in [0.05, 0.1) is 30.5 Å². The first-order valence-corrected chi connectivity index (χ1v) is 25.8. The molecule has 2 amide bonds. The average molecular weight is 1010 g/mol. The van der Waals surface area contributed by atoms with E-state index in [1.54, 1.807) is 33.3 Å². The van der Waals surface area contributed by atoms with Gasteiger partial charge in [0.1, 0.15) is 40.6 Å². The molecule has 15 nitrogen and oxygen atoms in total. The van der Waals surface area contributed by atoms with Crippen LogP contribution in [0.2, 0.25) is 5.02 Å². The molecule has 0 spiro atoms. The Morgan fingerprint density at radius 1 is 0.944 bits per heavy atom. The van der Waals surface area contributed by atoms with Crippen LogP contribution in [0, 0.1) is 33.6 Å². The number of β-amino-alcohol motifs (C(OH)–C–C–N with tert-alkyl or cyclic N) is 1. The van der Waals surface area contributed by atoms with Crippen molar-refractivity contribution in [3.05, 3.63) is 159 Å². The zero-order chi connectivity index (χ0) is 50.5. The number of likely N-dealkylation sites (tertiary alicyclic amines) is 1. The zero-order valence-corrected chi connectivity index (χ0v) is 43.2. The summed E-state index contributed by atoms with van der Waals surface area (Å²) in [5.41, 5.74) is 8.41. The summed E-state index contributed by atoms with van der Waals surface area (Å²) in [5.74, 6) is 2.68. The standard InChI is InChI=1S/C55H60ClN11O4S/c1-30(2)52(54(70)65-29-44(68)25-48(65)33(5)59-32(4)37-14-18-43(19-15-37)64-21-20-57-35(64)7)66-28-40(27-58-66)39-10-9-11-45(22-39)71-46-23-42(24-46)60-49(69)26-47-53-63-62-36(8)67(53)55-50(31(3)34(6)72-55)51(61-47)38-12-16-41(56)17-13-38/h9-22,27-28,30,32,42,44,46-48,52,59,68H,5,23-26,29H2,1-4,6-8H3,(H,60,69)/t32-,42-,44+,46+,47-,48-,52-/m0/s1. The van der Waals surface area contributed by atoms with E-state index in [0.29, 0.717) is 41.6 Å². The number of aliphatic hydroxyl groups is 1. The first-order valence-electron chi connectivity index (χ1n) is 24.6. The van der Waals surface area contributed by atoms with E-state index in [1.165, 1.54) is 4.88 Å². The number of aromatic nitrogens is 7. The van der Waals surface area contributed by atoms with Gasteiger partial charge in [-0.1, -0.05) is 68.4 Å². The van der Waals surface area contributed by atoms with Gasteiger partial charge in [-0.15, -0.1) is 21.5 Å². The van der Waals surface area contributed by atoms with E-state index in [0.717, 1.165) is 61.4 Å². The minimum Gasteiger partial charge on any atom is -0.490 e. The van der Waals surface area contributed by atoms with Gasteiger partial charge < -0.3 is 29.9 Å². The van der Waals surface area contributed by atoms with Crippen molar-refractivity contribution in [1.82, 2.24) is 49.6 Å². The molecule has 3 aromatic carbocycles. The number of aryl methyl sites for hydroxylation is 3. The number of benzene rings is 3. The highest BCUT2D eigenvalue weighted by Gasteiger charge is 2.41. The molecule has 72 heavy (non-hydrogen) atoms.